The molecule has 0 radical (unpaired) electrons. The monoisotopic (exact) mass is 291 g/mol. The summed E-state index contributed by atoms with van der Waals surface area (Å²) in [5.74, 6) is 0.187. The Morgan fingerprint density at radius 1 is 1.45 bits per heavy atom. The van der Waals surface area contributed by atoms with Gasteiger partial charge in [-0.1, -0.05) is 19.4 Å². The Morgan fingerprint density at radius 3 is 2.80 bits per heavy atom. The van der Waals surface area contributed by atoms with Crippen molar-refractivity contribution in [2.24, 2.45) is 5.41 Å². The van der Waals surface area contributed by atoms with Crippen molar-refractivity contribution < 1.29 is 9.53 Å². The molecule has 0 N–H and O–H groups in total. The minimum absolute atomic E-state index is 0.0794. The number of nitrogens with zero attached hydrogens (tertiary/aromatic N) is 1. The van der Waals surface area contributed by atoms with E-state index in [9.17, 15) is 4.79 Å². The molecule has 0 aromatic carbocycles. The number of allylic oxidation sites excluding steroid dienone is 1. The van der Waals surface area contributed by atoms with E-state index >= 15 is 0 Å². The molecule has 0 bridgehead atoms. The van der Waals surface area contributed by atoms with Gasteiger partial charge in [-0.3, -0.25) is 9.78 Å². The fourth-order valence-electron chi connectivity index (χ4n) is 2.66. The van der Waals surface area contributed by atoms with Gasteiger partial charge in [0, 0.05) is 17.3 Å². The van der Waals surface area contributed by atoms with Gasteiger partial charge in [0.25, 0.3) is 0 Å². The van der Waals surface area contributed by atoms with Gasteiger partial charge in [0.2, 0.25) is 0 Å². The van der Waals surface area contributed by atoms with Gasteiger partial charge in [-0.15, -0.1) is 11.8 Å². The molecule has 0 spiro atoms. The fraction of sp³-hybridized carbons (Fsp3) is 0.500. The number of pyridine rings is 1. The molecule has 0 fully saturated rings. The third kappa shape index (κ3) is 4.67. The minimum atomic E-state index is -0.154. The average Bonchev–Trinajstić information content (AvgIpc) is 2.35. The van der Waals surface area contributed by atoms with Crippen LogP contribution in [0.25, 0.3) is 0 Å². The van der Waals surface area contributed by atoms with Crippen LogP contribution in [0.1, 0.15) is 33.6 Å². The maximum atomic E-state index is 11.9. The van der Waals surface area contributed by atoms with Crippen LogP contribution < -0.4 is 0 Å². The molecule has 1 aliphatic rings. The predicted molar refractivity (Wildman–Crippen MR) is 81.6 cm³/mol. The number of aromatic nitrogens is 1. The lowest BCUT2D eigenvalue weighted by Gasteiger charge is -2.33. The molecule has 1 atom stereocenters. The summed E-state index contributed by atoms with van der Waals surface area (Å²) in [5, 5.41) is 0. The Kier molecular flexibility index (Phi) is 4.86. The van der Waals surface area contributed by atoms with Gasteiger partial charge in [0.1, 0.15) is 6.10 Å². The highest BCUT2D eigenvalue weighted by molar-refractivity contribution is 8.00. The van der Waals surface area contributed by atoms with Crippen LogP contribution in [0.3, 0.4) is 0 Å². The van der Waals surface area contributed by atoms with E-state index in [-0.39, 0.29) is 17.5 Å². The highest BCUT2D eigenvalue weighted by Crippen LogP contribution is 2.36. The second-order valence-corrected chi connectivity index (χ2v) is 7.11. The van der Waals surface area contributed by atoms with Crippen LogP contribution in [0, 0.1) is 5.41 Å². The summed E-state index contributed by atoms with van der Waals surface area (Å²) < 4.78 is 5.57. The van der Waals surface area contributed by atoms with Crippen molar-refractivity contribution >= 4 is 17.7 Å². The third-order valence-corrected chi connectivity index (χ3v) is 4.26. The smallest absolute Gasteiger partial charge is 0.316 e. The average molecular weight is 291 g/mol. The molecule has 0 saturated carbocycles. The number of hydrogen-bond donors (Lipinski definition) is 0. The van der Waals surface area contributed by atoms with Gasteiger partial charge in [-0.05, 0) is 43.4 Å². The van der Waals surface area contributed by atoms with E-state index in [2.05, 4.69) is 31.8 Å². The van der Waals surface area contributed by atoms with Gasteiger partial charge < -0.3 is 4.74 Å². The lowest BCUT2D eigenvalue weighted by atomic mass is 9.76. The number of ether oxygens (including phenoxy) is 1. The topological polar surface area (TPSA) is 39.2 Å². The summed E-state index contributed by atoms with van der Waals surface area (Å²) in [7, 11) is 0. The number of rotatable bonds is 4. The molecule has 1 unspecified atom stereocenters. The number of thioether (sulfide) groups is 1. The lowest BCUT2D eigenvalue weighted by molar-refractivity contribution is -0.145. The summed E-state index contributed by atoms with van der Waals surface area (Å²) in [6.45, 7) is 6.54. The van der Waals surface area contributed by atoms with E-state index in [0.717, 1.165) is 17.7 Å². The van der Waals surface area contributed by atoms with Crippen LogP contribution in [-0.2, 0) is 9.53 Å². The molecule has 20 heavy (non-hydrogen) atoms. The minimum Gasteiger partial charge on any atom is -0.457 e. The number of carbonyl (C=O) groups is 1. The molecular weight excluding hydrogens is 270 g/mol. The standard InChI is InChI=1S/C16H21NO2S/c1-12-8-13(10-16(2,3)9-12)19-15(18)11-20-14-4-6-17-7-5-14/h4-8,13H,9-11H2,1-3H3. The van der Waals surface area contributed by atoms with Gasteiger partial charge in [-0.25, -0.2) is 0 Å². The second kappa shape index (κ2) is 6.44. The van der Waals surface area contributed by atoms with Crippen LogP contribution >= 0.6 is 11.8 Å². The molecular formula is C16H21NO2S. The first-order valence-corrected chi connectivity index (χ1v) is 7.83. The first-order chi connectivity index (χ1) is 9.44. The SMILES string of the molecule is CC1=CC(OC(=O)CSc2ccncc2)CC(C)(C)C1. The summed E-state index contributed by atoms with van der Waals surface area (Å²) >= 11 is 1.48. The third-order valence-electron chi connectivity index (χ3n) is 3.27. The predicted octanol–water partition coefficient (Wildman–Crippen LogP) is 3.85. The van der Waals surface area contributed by atoms with E-state index in [0.29, 0.717) is 5.75 Å². The van der Waals surface area contributed by atoms with Crippen LogP contribution in [0.5, 0.6) is 0 Å². The normalized spacial score (nSPS) is 21.1. The Hall–Kier alpha value is -1.29. The number of hydrogen-bond acceptors (Lipinski definition) is 4. The van der Waals surface area contributed by atoms with Crippen molar-refractivity contribution in [3.63, 3.8) is 0 Å². The maximum absolute atomic E-state index is 11.9. The summed E-state index contributed by atoms with van der Waals surface area (Å²) in [6, 6.07) is 3.79. The zero-order valence-electron chi connectivity index (χ0n) is 12.3. The Bertz CT molecular complexity index is 496. The molecule has 0 amide bonds. The molecule has 1 aromatic rings. The van der Waals surface area contributed by atoms with E-state index in [1.165, 1.54) is 17.3 Å². The van der Waals surface area contributed by atoms with E-state index in [4.69, 9.17) is 4.74 Å². The zero-order chi connectivity index (χ0) is 14.6. The molecule has 2 rings (SSSR count). The summed E-state index contributed by atoms with van der Waals surface area (Å²) in [5.41, 5.74) is 1.52. The van der Waals surface area contributed by atoms with E-state index < -0.39 is 0 Å². The van der Waals surface area contributed by atoms with Crippen LogP contribution in [0.4, 0.5) is 0 Å². The van der Waals surface area contributed by atoms with Crippen LogP contribution in [0.2, 0.25) is 0 Å². The van der Waals surface area contributed by atoms with Crippen molar-refractivity contribution in [1.82, 2.24) is 4.98 Å². The molecule has 1 aliphatic carbocycles. The van der Waals surface area contributed by atoms with E-state index in [1.54, 1.807) is 12.4 Å². The first-order valence-electron chi connectivity index (χ1n) is 6.84. The highest BCUT2D eigenvalue weighted by atomic mass is 32.2. The second-order valence-electron chi connectivity index (χ2n) is 6.06. The highest BCUT2D eigenvalue weighted by Gasteiger charge is 2.29. The molecule has 0 saturated heterocycles. The van der Waals surface area contributed by atoms with Crippen molar-refractivity contribution in [3.05, 3.63) is 36.2 Å². The maximum Gasteiger partial charge on any atom is 0.316 e. The van der Waals surface area contributed by atoms with Crippen LogP contribution in [0.15, 0.2) is 41.1 Å². The Labute approximate surface area is 124 Å². The van der Waals surface area contributed by atoms with Gasteiger partial charge in [-0.2, -0.15) is 0 Å². The Morgan fingerprint density at radius 2 is 2.15 bits per heavy atom. The summed E-state index contributed by atoms with van der Waals surface area (Å²) in [6.07, 6.45) is 7.43. The fourth-order valence-corrected chi connectivity index (χ4v) is 3.33. The van der Waals surface area contributed by atoms with Gasteiger partial charge >= 0.3 is 5.97 Å². The van der Waals surface area contributed by atoms with Crippen molar-refractivity contribution in [3.8, 4) is 0 Å². The number of carbonyl (C=O) groups excluding carboxylic acids is 1. The number of esters is 1. The van der Waals surface area contributed by atoms with E-state index in [1.807, 2.05) is 12.1 Å². The quantitative estimate of drug-likeness (QED) is 0.480. The molecule has 108 valence electrons. The van der Waals surface area contributed by atoms with Crippen molar-refractivity contribution in [2.75, 3.05) is 5.75 Å². The van der Waals surface area contributed by atoms with Gasteiger partial charge in [0.05, 0.1) is 5.75 Å². The molecule has 1 aromatic heterocycles. The molecule has 0 aliphatic heterocycles. The van der Waals surface area contributed by atoms with Crippen molar-refractivity contribution in [2.45, 2.75) is 44.6 Å². The molecule has 1 heterocycles. The lowest BCUT2D eigenvalue weighted by Crippen LogP contribution is -2.29. The van der Waals surface area contributed by atoms with Gasteiger partial charge in [0.15, 0.2) is 0 Å². The van der Waals surface area contributed by atoms with Crippen LogP contribution in [-0.4, -0.2) is 22.8 Å². The first kappa shape index (κ1) is 15.1. The molecule has 4 heteroatoms. The Balaban J connectivity index is 1.84. The molecule has 3 nitrogen and oxygen atoms in total. The van der Waals surface area contributed by atoms with Crippen molar-refractivity contribution in [1.29, 1.82) is 0 Å². The summed E-state index contributed by atoms with van der Waals surface area (Å²) in [4.78, 5) is 16.9. The largest absolute Gasteiger partial charge is 0.457 e. The zero-order valence-corrected chi connectivity index (χ0v) is 13.1.